The lowest BCUT2D eigenvalue weighted by Crippen LogP contribution is -2.34. The van der Waals surface area contributed by atoms with E-state index in [2.05, 4.69) is 29.7 Å². The van der Waals surface area contributed by atoms with E-state index >= 15 is 0 Å². The second-order valence-corrected chi connectivity index (χ2v) is 4.89. The highest BCUT2D eigenvalue weighted by molar-refractivity contribution is 5.79. The van der Waals surface area contributed by atoms with Crippen LogP contribution >= 0.6 is 0 Å². The van der Waals surface area contributed by atoms with Gasteiger partial charge in [0.15, 0.2) is 0 Å². The Morgan fingerprint density at radius 3 is 2.05 bits per heavy atom. The molecule has 0 aromatic heterocycles. The first-order valence-electron chi connectivity index (χ1n) is 6.48. The summed E-state index contributed by atoms with van der Waals surface area (Å²) in [4.78, 5) is 22.5. The summed E-state index contributed by atoms with van der Waals surface area (Å²) in [6.45, 7) is 8.49. The first-order chi connectivity index (χ1) is 8.90. The first kappa shape index (κ1) is 15.2. The lowest BCUT2D eigenvalue weighted by atomic mass is 9.97. The van der Waals surface area contributed by atoms with Gasteiger partial charge < -0.3 is 10.6 Å². The van der Waals surface area contributed by atoms with Gasteiger partial charge in [0.05, 0.1) is 6.42 Å². The summed E-state index contributed by atoms with van der Waals surface area (Å²) < 4.78 is 0. The number of nitrogens with one attached hydrogen (secondary N) is 2. The Morgan fingerprint density at radius 1 is 1.00 bits per heavy atom. The van der Waals surface area contributed by atoms with Crippen LogP contribution in [0.25, 0.3) is 0 Å². The maximum absolute atomic E-state index is 11.8. The van der Waals surface area contributed by atoms with Crippen molar-refractivity contribution >= 4 is 11.8 Å². The minimum Gasteiger partial charge on any atom is -0.355 e. The molecule has 0 spiro atoms. The number of amides is 2. The van der Waals surface area contributed by atoms with E-state index in [1.807, 2.05) is 13.8 Å². The van der Waals surface area contributed by atoms with Crippen molar-refractivity contribution < 1.29 is 9.59 Å². The van der Waals surface area contributed by atoms with Crippen LogP contribution in [0.4, 0.5) is 0 Å². The van der Waals surface area contributed by atoms with E-state index in [0.717, 1.165) is 16.7 Å². The highest BCUT2D eigenvalue weighted by atomic mass is 16.2. The van der Waals surface area contributed by atoms with Crippen molar-refractivity contribution in [1.29, 1.82) is 0 Å². The van der Waals surface area contributed by atoms with Crippen molar-refractivity contribution in [1.82, 2.24) is 10.6 Å². The fourth-order valence-corrected chi connectivity index (χ4v) is 2.15. The molecule has 0 aliphatic rings. The van der Waals surface area contributed by atoms with Gasteiger partial charge in [-0.25, -0.2) is 0 Å². The fourth-order valence-electron chi connectivity index (χ4n) is 2.15. The van der Waals surface area contributed by atoms with Crippen molar-refractivity contribution in [2.24, 2.45) is 0 Å². The van der Waals surface area contributed by atoms with Crippen molar-refractivity contribution in [2.75, 3.05) is 13.1 Å². The van der Waals surface area contributed by atoms with Gasteiger partial charge >= 0.3 is 0 Å². The van der Waals surface area contributed by atoms with Crippen LogP contribution in [0.1, 0.15) is 29.2 Å². The molecule has 2 N–H and O–H groups in total. The summed E-state index contributed by atoms with van der Waals surface area (Å²) in [7, 11) is 0. The molecular weight excluding hydrogens is 240 g/mol. The number of carbonyl (C=O) groups is 2. The van der Waals surface area contributed by atoms with E-state index in [-0.39, 0.29) is 11.8 Å². The molecule has 0 fully saturated rings. The molecular formula is C15H22N2O2. The largest absolute Gasteiger partial charge is 0.355 e. The zero-order valence-electron chi connectivity index (χ0n) is 12.1. The third kappa shape index (κ3) is 5.12. The molecule has 4 heteroatoms. The van der Waals surface area contributed by atoms with Gasteiger partial charge in [0, 0.05) is 20.0 Å². The van der Waals surface area contributed by atoms with Gasteiger partial charge in [-0.2, -0.15) is 0 Å². The molecule has 0 bridgehead atoms. The van der Waals surface area contributed by atoms with Crippen molar-refractivity contribution in [2.45, 2.75) is 34.1 Å². The van der Waals surface area contributed by atoms with Gasteiger partial charge in [0.1, 0.15) is 0 Å². The van der Waals surface area contributed by atoms with Gasteiger partial charge in [-0.15, -0.1) is 0 Å². The number of hydrogen-bond donors (Lipinski definition) is 2. The Balaban J connectivity index is 2.51. The fraction of sp³-hybridized carbons (Fsp3) is 0.467. The van der Waals surface area contributed by atoms with E-state index in [1.54, 1.807) is 0 Å². The van der Waals surface area contributed by atoms with Crippen molar-refractivity contribution in [3.05, 3.63) is 34.4 Å². The van der Waals surface area contributed by atoms with Crippen LogP contribution in [0, 0.1) is 20.8 Å². The van der Waals surface area contributed by atoms with Crippen LogP contribution in [0.2, 0.25) is 0 Å². The molecule has 0 saturated carbocycles. The van der Waals surface area contributed by atoms with Gasteiger partial charge in [0.25, 0.3) is 0 Å². The van der Waals surface area contributed by atoms with E-state index in [4.69, 9.17) is 0 Å². The molecule has 1 aromatic carbocycles. The summed E-state index contributed by atoms with van der Waals surface area (Å²) in [6.07, 6.45) is 0.387. The first-order valence-corrected chi connectivity index (χ1v) is 6.48. The molecule has 0 aliphatic heterocycles. The molecule has 0 saturated heterocycles. The smallest absolute Gasteiger partial charge is 0.224 e. The minimum atomic E-state index is -0.0838. The second kappa shape index (κ2) is 6.92. The van der Waals surface area contributed by atoms with Gasteiger partial charge in [-0.3, -0.25) is 9.59 Å². The monoisotopic (exact) mass is 262 g/mol. The Morgan fingerprint density at radius 2 is 1.53 bits per heavy atom. The van der Waals surface area contributed by atoms with Crippen molar-refractivity contribution in [3.63, 3.8) is 0 Å². The van der Waals surface area contributed by atoms with E-state index < -0.39 is 0 Å². The Kier molecular flexibility index (Phi) is 5.55. The maximum atomic E-state index is 11.8. The molecule has 1 aromatic rings. The predicted octanol–water partition coefficient (Wildman–Crippen LogP) is 1.41. The van der Waals surface area contributed by atoms with Crippen molar-refractivity contribution in [3.8, 4) is 0 Å². The van der Waals surface area contributed by atoms with Crippen LogP contribution in [0.15, 0.2) is 12.1 Å². The molecule has 0 radical (unpaired) electrons. The zero-order chi connectivity index (χ0) is 14.4. The number of hydrogen-bond acceptors (Lipinski definition) is 2. The van der Waals surface area contributed by atoms with Gasteiger partial charge in [-0.1, -0.05) is 17.7 Å². The average molecular weight is 262 g/mol. The van der Waals surface area contributed by atoms with Crippen LogP contribution in [-0.4, -0.2) is 24.9 Å². The maximum Gasteiger partial charge on any atom is 0.224 e. The van der Waals surface area contributed by atoms with Crippen LogP contribution in [0.5, 0.6) is 0 Å². The predicted molar refractivity (Wildman–Crippen MR) is 76.1 cm³/mol. The summed E-state index contributed by atoms with van der Waals surface area (Å²) >= 11 is 0. The minimum absolute atomic E-state index is 0.0135. The molecule has 0 atom stereocenters. The third-order valence-corrected chi connectivity index (χ3v) is 3.00. The Bertz CT molecular complexity index is 458. The summed E-state index contributed by atoms with van der Waals surface area (Å²) in [6, 6.07) is 4.18. The van der Waals surface area contributed by atoms with E-state index in [9.17, 15) is 9.59 Å². The number of aryl methyl sites for hydroxylation is 3. The molecule has 4 nitrogen and oxygen atoms in total. The van der Waals surface area contributed by atoms with Gasteiger partial charge in [-0.05, 0) is 37.5 Å². The Hall–Kier alpha value is -1.84. The zero-order valence-corrected chi connectivity index (χ0v) is 12.1. The number of carbonyl (C=O) groups excluding carboxylic acids is 2. The summed E-state index contributed by atoms with van der Waals surface area (Å²) in [5.41, 5.74) is 4.59. The highest BCUT2D eigenvalue weighted by Gasteiger charge is 2.08. The topological polar surface area (TPSA) is 58.2 Å². The normalized spacial score (nSPS) is 10.1. The lowest BCUT2D eigenvalue weighted by molar-refractivity contribution is -0.121. The standard InChI is InChI=1S/C15H22N2O2/c1-10-7-11(2)14(12(3)8-10)9-15(19)17-6-5-16-13(4)18/h7-8H,5-6,9H2,1-4H3,(H,16,18)(H,17,19). The summed E-state index contributed by atoms with van der Waals surface area (Å²) in [5, 5.41) is 5.44. The SMILES string of the molecule is CC(=O)NCCNC(=O)Cc1c(C)cc(C)cc1C. The second-order valence-electron chi connectivity index (χ2n) is 4.89. The third-order valence-electron chi connectivity index (χ3n) is 3.00. The molecule has 0 unspecified atom stereocenters. The molecule has 104 valence electrons. The van der Waals surface area contributed by atoms with Crippen LogP contribution in [-0.2, 0) is 16.0 Å². The summed E-state index contributed by atoms with van der Waals surface area (Å²) in [5.74, 6) is -0.0973. The van der Waals surface area contributed by atoms with E-state index in [0.29, 0.717) is 19.5 Å². The molecule has 0 heterocycles. The molecule has 19 heavy (non-hydrogen) atoms. The Labute approximate surface area is 114 Å². The van der Waals surface area contributed by atoms with E-state index in [1.165, 1.54) is 12.5 Å². The van der Waals surface area contributed by atoms with Gasteiger partial charge in [0.2, 0.25) is 11.8 Å². The molecule has 2 amide bonds. The number of benzene rings is 1. The lowest BCUT2D eigenvalue weighted by Gasteiger charge is -2.11. The quantitative estimate of drug-likeness (QED) is 0.788. The average Bonchev–Trinajstić information content (AvgIpc) is 2.29. The highest BCUT2D eigenvalue weighted by Crippen LogP contribution is 2.16. The van der Waals surface area contributed by atoms with Crippen LogP contribution < -0.4 is 10.6 Å². The number of rotatable bonds is 5. The van der Waals surface area contributed by atoms with Crippen LogP contribution in [0.3, 0.4) is 0 Å². The molecule has 1 rings (SSSR count). The molecule has 0 aliphatic carbocycles.